The molecule has 2 aliphatic rings. The zero-order valence-corrected chi connectivity index (χ0v) is 12.3. The first-order chi connectivity index (χ1) is 10.1. The minimum Gasteiger partial charge on any atom is -0.296 e. The van der Waals surface area contributed by atoms with Crippen molar-refractivity contribution in [1.29, 1.82) is 0 Å². The van der Waals surface area contributed by atoms with Gasteiger partial charge in [-0.2, -0.15) is 0 Å². The van der Waals surface area contributed by atoms with E-state index in [1.165, 1.54) is 0 Å². The van der Waals surface area contributed by atoms with Gasteiger partial charge < -0.3 is 0 Å². The van der Waals surface area contributed by atoms with Crippen molar-refractivity contribution in [1.82, 2.24) is 5.32 Å². The minimum atomic E-state index is -0.195. The molecule has 1 fully saturated rings. The van der Waals surface area contributed by atoms with Gasteiger partial charge in [0.15, 0.2) is 0 Å². The van der Waals surface area contributed by atoms with E-state index in [4.69, 9.17) is 0 Å². The van der Waals surface area contributed by atoms with Crippen LogP contribution in [0.1, 0.15) is 42.7 Å². The molecule has 3 atom stereocenters. The lowest BCUT2D eigenvalue weighted by Gasteiger charge is -2.36. The first-order valence-electron chi connectivity index (χ1n) is 7.70. The lowest BCUT2D eigenvalue weighted by molar-refractivity contribution is -0.137. The van der Waals surface area contributed by atoms with Gasteiger partial charge in [-0.15, -0.1) is 0 Å². The van der Waals surface area contributed by atoms with Crippen molar-refractivity contribution in [3.8, 4) is 0 Å². The maximum absolute atomic E-state index is 12.4. The molecular weight excluding hydrogens is 262 g/mol. The predicted molar refractivity (Wildman–Crippen MR) is 81.7 cm³/mol. The molecule has 3 heteroatoms. The number of hydrogen-bond acceptors (Lipinski definition) is 2. The summed E-state index contributed by atoms with van der Waals surface area (Å²) in [6, 6.07) is 8.12. The van der Waals surface area contributed by atoms with Gasteiger partial charge in [-0.3, -0.25) is 14.9 Å². The molecule has 1 aromatic rings. The topological polar surface area (TPSA) is 46.2 Å². The van der Waals surface area contributed by atoms with E-state index in [1.807, 2.05) is 25.1 Å². The second-order valence-electron chi connectivity index (χ2n) is 6.22. The molecule has 1 saturated heterocycles. The van der Waals surface area contributed by atoms with E-state index in [-0.39, 0.29) is 23.7 Å². The van der Waals surface area contributed by atoms with E-state index in [0.717, 1.165) is 30.4 Å². The second kappa shape index (κ2) is 5.84. The van der Waals surface area contributed by atoms with Crippen LogP contribution in [0.4, 0.5) is 0 Å². The third kappa shape index (κ3) is 2.92. The molecule has 3 unspecified atom stereocenters. The standard InChI is InChI=1S/C18H21NO2/c1-12-6-5-9-14(10-12)17-15(11-16(20)19-18(17)21)13-7-3-2-4-8-13/h2-3,5-6,9-10,13,15,17H,4,7-8,11H2,1H3,(H,19,20,21). The van der Waals surface area contributed by atoms with Crippen molar-refractivity contribution in [2.45, 2.75) is 38.5 Å². The van der Waals surface area contributed by atoms with E-state index >= 15 is 0 Å². The van der Waals surface area contributed by atoms with Crippen LogP contribution in [0.2, 0.25) is 0 Å². The molecule has 21 heavy (non-hydrogen) atoms. The molecular formula is C18H21NO2. The fourth-order valence-corrected chi connectivity index (χ4v) is 3.70. The Bertz CT molecular complexity index is 591. The summed E-state index contributed by atoms with van der Waals surface area (Å²) in [5.41, 5.74) is 2.19. The number of benzene rings is 1. The Morgan fingerprint density at radius 1 is 1.19 bits per heavy atom. The Hall–Kier alpha value is -1.90. The Labute approximate surface area is 125 Å². The SMILES string of the molecule is Cc1cccc(C2C(=O)NC(=O)CC2C2CC=CCC2)c1. The van der Waals surface area contributed by atoms with E-state index in [2.05, 4.69) is 23.5 Å². The maximum atomic E-state index is 12.4. The first kappa shape index (κ1) is 14.1. The lowest BCUT2D eigenvalue weighted by Crippen LogP contribution is -2.46. The highest BCUT2D eigenvalue weighted by Gasteiger charge is 2.40. The van der Waals surface area contributed by atoms with Crippen LogP contribution in [-0.4, -0.2) is 11.8 Å². The van der Waals surface area contributed by atoms with E-state index < -0.39 is 0 Å². The maximum Gasteiger partial charge on any atom is 0.234 e. The Kier molecular flexibility index (Phi) is 3.91. The molecule has 2 amide bonds. The molecule has 0 saturated carbocycles. The fraction of sp³-hybridized carbons (Fsp3) is 0.444. The average molecular weight is 283 g/mol. The van der Waals surface area contributed by atoms with Gasteiger partial charge in [0.1, 0.15) is 0 Å². The van der Waals surface area contributed by atoms with Crippen LogP contribution in [0.25, 0.3) is 0 Å². The Morgan fingerprint density at radius 2 is 2.05 bits per heavy atom. The van der Waals surface area contributed by atoms with Crippen molar-refractivity contribution in [2.75, 3.05) is 0 Å². The van der Waals surface area contributed by atoms with Crippen molar-refractivity contribution in [3.63, 3.8) is 0 Å². The third-order valence-electron chi connectivity index (χ3n) is 4.71. The highest BCUT2D eigenvalue weighted by Crippen LogP contribution is 2.40. The summed E-state index contributed by atoms with van der Waals surface area (Å²) < 4.78 is 0. The van der Waals surface area contributed by atoms with Gasteiger partial charge in [-0.25, -0.2) is 0 Å². The van der Waals surface area contributed by atoms with Gasteiger partial charge in [0.05, 0.1) is 5.92 Å². The number of rotatable bonds is 2. The summed E-state index contributed by atoms with van der Waals surface area (Å²) in [5, 5.41) is 2.52. The number of piperidine rings is 1. The zero-order valence-electron chi connectivity index (χ0n) is 12.3. The van der Waals surface area contributed by atoms with Crippen LogP contribution in [0.5, 0.6) is 0 Å². The number of carbonyl (C=O) groups excluding carboxylic acids is 2. The summed E-state index contributed by atoms with van der Waals surface area (Å²) in [6.45, 7) is 2.04. The van der Waals surface area contributed by atoms with Gasteiger partial charge in [0, 0.05) is 6.42 Å². The van der Waals surface area contributed by atoms with Gasteiger partial charge in [0.25, 0.3) is 0 Å². The number of carbonyl (C=O) groups is 2. The van der Waals surface area contributed by atoms with E-state index in [0.29, 0.717) is 12.3 Å². The monoisotopic (exact) mass is 283 g/mol. The molecule has 0 spiro atoms. The van der Waals surface area contributed by atoms with Crippen molar-refractivity contribution in [2.24, 2.45) is 11.8 Å². The van der Waals surface area contributed by atoms with Gasteiger partial charge in [0.2, 0.25) is 11.8 Å². The number of allylic oxidation sites excluding steroid dienone is 2. The minimum absolute atomic E-state index is 0.122. The average Bonchev–Trinajstić information content (AvgIpc) is 2.47. The molecule has 0 bridgehead atoms. The molecule has 1 N–H and O–H groups in total. The van der Waals surface area contributed by atoms with Crippen LogP contribution in [0, 0.1) is 18.8 Å². The second-order valence-corrected chi connectivity index (χ2v) is 6.22. The van der Waals surface area contributed by atoms with Crippen molar-refractivity contribution < 1.29 is 9.59 Å². The number of imide groups is 1. The van der Waals surface area contributed by atoms with E-state index in [1.54, 1.807) is 0 Å². The number of hydrogen-bond donors (Lipinski definition) is 1. The van der Waals surface area contributed by atoms with Gasteiger partial charge >= 0.3 is 0 Å². The number of nitrogens with one attached hydrogen (secondary N) is 1. The molecule has 0 radical (unpaired) electrons. The molecule has 1 aliphatic carbocycles. The highest BCUT2D eigenvalue weighted by molar-refractivity contribution is 6.01. The van der Waals surface area contributed by atoms with Crippen LogP contribution < -0.4 is 5.32 Å². The molecule has 3 nitrogen and oxygen atoms in total. The smallest absolute Gasteiger partial charge is 0.234 e. The Morgan fingerprint density at radius 3 is 2.76 bits per heavy atom. The van der Waals surface area contributed by atoms with Crippen molar-refractivity contribution in [3.05, 3.63) is 47.5 Å². The zero-order chi connectivity index (χ0) is 14.8. The van der Waals surface area contributed by atoms with Crippen LogP contribution in [0.15, 0.2) is 36.4 Å². The van der Waals surface area contributed by atoms with E-state index in [9.17, 15) is 9.59 Å². The molecule has 1 heterocycles. The number of aryl methyl sites for hydroxylation is 1. The van der Waals surface area contributed by atoms with Crippen molar-refractivity contribution >= 4 is 11.8 Å². The quantitative estimate of drug-likeness (QED) is 0.669. The molecule has 1 aromatic carbocycles. The third-order valence-corrected chi connectivity index (χ3v) is 4.71. The van der Waals surface area contributed by atoms with Gasteiger partial charge in [-0.05, 0) is 43.6 Å². The largest absolute Gasteiger partial charge is 0.296 e. The summed E-state index contributed by atoms with van der Waals surface area (Å²) >= 11 is 0. The Balaban J connectivity index is 1.94. The predicted octanol–water partition coefficient (Wildman–Crippen LogP) is 3.10. The molecule has 1 aliphatic heterocycles. The number of amides is 2. The highest BCUT2D eigenvalue weighted by atomic mass is 16.2. The molecule has 110 valence electrons. The van der Waals surface area contributed by atoms with Gasteiger partial charge in [-0.1, -0.05) is 42.0 Å². The van der Waals surface area contributed by atoms with Crippen LogP contribution in [-0.2, 0) is 9.59 Å². The summed E-state index contributed by atoms with van der Waals surface area (Å²) in [4.78, 5) is 24.2. The van der Waals surface area contributed by atoms with Crippen LogP contribution in [0.3, 0.4) is 0 Å². The normalized spacial score (nSPS) is 29.3. The van der Waals surface area contributed by atoms with Crippen LogP contribution >= 0.6 is 0 Å². The molecule has 3 rings (SSSR count). The summed E-state index contributed by atoms with van der Waals surface area (Å²) in [7, 11) is 0. The molecule has 0 aromatic heterocycles. The fourth-order valence-electron chi connectivity index (χ4n) is 3.70. The lowest BCUT2D eigenvalue weighted by atomic mass is 9.70. The first-order valence-corrected chi connectivity index (χ1v) is 7.70. The summed E-state index contributed by atoms with van der Waals surface area (Å²) in [6.07, 6.45) is 7.96. The summed E-state index contributed by atoms with van der Waals surface area (Å²) in [5.74, 6) is 0.104.